The summed E-state index contributed by atoms with van der Waals surface area (Å²) in [5.41, 5.74) is 3.17. The Bertz CT molecular complexity index is 872. The van der Waals surface area contributed by atoms with Gasteiger partial charge in [0.25, 0.3) is 5.91 Å². The van der Waals surface area contributed by atoms with Gasteiger partial charge in [-0.1, -0.05) is 12.1 Å². The minimum Gasteiger partial charge on any atom is -0.326 e. The molecule has 0 heterocycles. The number of hydrogen-bond acceptors (Lipinski definition) is 3. The van der Waals surface area contributed by atoms with Crippen LogP contribution in [0.15, 0.2) is 42.5 Å². The van der Waals surface area contributed by atoms with Crippen LogP contribution >= 0.6 is 0 Å². The molecule has 0 saturated heterocycles. The number of amides is 3. The van der Waals surface area contributed by atoms with Gasteiger partial charge in [-0.2, -0.15) is 0 Å². The van der Waals surface area contributed by atoms with E-state index in [4.69, 9.17) is 0 Å². The smallest absolute Gasteiger partial charge is 0.255 e. The minimum atomic E-state index is -0.282. The lowest BCUT2D eigenvalue weighted by molar-refractivity contribution is -0.117. The lowest BCUT2D eigenvalue weighted by Gasteiger charge is -2.12. The van der Waals surface area contributed by atoms with E-state index in [0.29, 0.717) is 22.6 Å². The van der Waals surface area contributed by atoms with Gasteiger partial charge in [0.05, 0.1) is 0 Å². The average Bonchev–Trinajstić information content (AvgIpc) is 3.42. The second-order valence-electron chi connectivity index (χ2n) is 6.51. The molecular weight excluding hydrogens is 330 g/mol. The third-order valence-electron chi connectivity index (χ3n) is 4.15. The molecule has 3 N–H and O–H groups in total. The van der Waals surface area contributed by atoms with E-state index in [2.05, 4.69) is 16.0 Å². The molecule has 3 amide bonds. The van der Waals surface area contributed by atoms with Gasteiger partial charge in [0.15, 0.2) is 0 Å². The molecule has 1 saturated carbocycles. The number of nitrogens with one attached hydrogen (secondary N) is 3. The molecule has 3 rings (SSSR count). The Hall–Kier alpha value is -3.15. The van der Waals surface area contributed by atoms with Gasteiger partial charge in [-0.3, -0.25) is 14.4 Å². The molecule has 0 bridgehead atoms. The van der Waals surface area contributed by atoms with Gasteiger partial charge in [-0.15, -0.1) is 0 Å². The Morgan fingerprint density at radius 2 is 1.65 bits per heavy atom. The van der Waals surface area contributed by atoms with Gasteiger partial charge >= 0.3 is 0 Å². The van der Waals surface area contributed by atoms with Crippen LogP contribution in [0.5, 0.6) is 0 Å². The Morgan fingerprint density at radius 1 is 0.923 bits per heavy atom. The summed E-state index contributed by atoms with van der Waals surface area (Å²) in [7, 11) is 0. The predicted octanol–water partition coefficient (Wildman–Crippen LogP) is 3.55. The Labute approximate surface area is 152 Å². The van der Waals surface area contributed by atoms with Gasteiger partial charge in [0, 0.05) is 35.5 Å². The van der Waals surface area contributed by atoms with Crippen molar-refractivity contribution < 1.29 is 14.4 Å². The van der Waals surface area contributed by atoms with E-state index in [-0.39, 0.29) is 23.6 Å². The second-order valence-corrected chi connectivity index (χ2v) is 6.51. The van der Waals surface area contributed by atoms with Crippen LogP contribution in [0.25, 0.3) is 0 Å². The molecule has 6 heteroatoms. The van der Waals surface area contributed by atoms with Gasteiger partial charge in [0.2, 0.25) is 11.8 Å². The standard InChI is InChI=1S/C20H21N3O3/c1-12-6-9-17(21-13(2)24)11-18(12)23-20(26)15-4-3-5-16(10-15)22-19(25)14-7-8-14/h3-6,9-11,14H,7-8H2,1-2H3,(H,21,24)(H,22,25)(H,23,26). The Kier molecular flexibility index (Phi) is 5.02. The third kappa shape index (κ3) is 4.47. The van der Waals surface area contributed by atoms with Gasteiger partial charge in [0.1, 0.15) is 0 Å². The number of rotatable bonds is 5. The fraction of sp³-hybridized carbons (Fsp3) is 0.250. The zero-order valence-electron chi connectivity index (χ0n) is 14.8. The molecule has 1 aliphatic carbocycles. The van der Waals surface area contributed by atoms with Crippen LogP contribution in [-0.4, -0.2) is 17.7 Å². The molecule has 2 aromatic carbocycles. The van der Waals surface area contributed by atoms with E-state index >= 15 is 0 Å². The van der Waals surface area contributed by atoms with Gasteiger partial charge < -0.3 is 16.0 Å². The first kappa shape index (κ1) is 17.7. The maximum atomic E-state index is 12.6. The van der Waals surface area contributed by atoms with Crippen molar-refractivity contribution in [1.82, 2.24) is 0 Å². The van der Waals surface area contributed by atoms with E-state index in [0.717, 1.165) is 18.4 Å². The zero-order valence-corrected chi connectivity index (χ0v) is 14.8. The third-order valence-corrected chi connectivity index (χ3v) is 4.15. The maximum absolute atomic E-state index is 12.6. The van der Waals surface area contributed by atoms with E-state index in [9.17, 15) is 14.4 Å². The van der Waals surface area contributed by atoms with Crippen molar-refractivity contribution in [3.63, 3.8) is 0 Å². The highest BCUT2D eigenvalue weighted by Gasteiger charge is 2.29. The van der Waals surface area contributed by atoms with E-state index in [1.165, 1.54) is 6.92 Å². The molecule has 0 atom stereocenters. The van der Waals surface area contributed by atoms with Crippen LogP contribution in [0.4, 0.5) is 17.1 Å². The number of hydrogen-bond donors (Lipinski definition) is 3. The Balaban J connectivity index is 1.73. The van der Waals surface area contributed by atoms with Crippen molar-refractivity contribution in [2.45, 2.75) is 26.7 Å². The summed E-state index contributed by atoms with van der Waals surface area (Å²) in [6, 6.07) is 12.2. The predicted molar refractivity (Wildman–Crippen MR) is 101 cm³/mol. The Morgan fingerprint density at radius 3 is 2.35 bits per heavy atom. The van der Waals surface area contributed by atoms with Crippen molar-refractivity contribution >= 4 is 34.8 Å². The molecule has 0 spiro atoms. The SMILES string of the molecule is CC(=O)Nc1ccc(C)c(NC(=O)c2cccc(NC(=O)C3CC3)c2)c1. The zero-order chi connectivity index (χ0) is 18.7. The molecule has 6 nitrogen and oxygen atoms in total. The van der Waals surface area contributed by atoms with Crippen LogP contribution in [0, 0.1) is 12.8 Å². The molecule has 134 valence electrons. The molecule has 0 unspecified atom stereocenters. The van der Waals surface area contributed by atoms with Gasteiger partial charge in [-0.25, -0.2) is 0 Å². The van der Waals surface area contributed by atoms with Crippen LogP contribution in [0.2, 0.25) is 0 Å². The van der Waals surface area contributed by atoms with Crippen molar-refractivity contribution in [2.75, 3.05) is 16.0 Å². The second kappa shape index (κ2) is 7.39. The van der Waals surface area contributed by atoms with Crippen LogP contribution in [0.3, 0.4) is 0 Å². The molecule has 26 heavy (non-hydrogen) atoms. The number of benzene rings is 2. The largest absolute Gasteiger partial charge is 0.326 e. The fourth-order valence-electron chi connectivity index (χ4n) is 2.56. The summed E-state index contributed by atoms with van der Waals surface area (Å²) in [5.74, 6) is -0.353. The molecular formula is C20H21N3O3. The molecule has 0 radical (unpaired) electrons. The number of aryl methyl sites for hydroxylation is 1. The van der Waals surface area contributed by atoms with Crippen molar-refractivity contribution in [3.05, 3.63) is 53.6 Å². The maximum Gasteiger partial charge on any atom is 0.255 e. The van der Waals surface area contributed by atoms with Crippen LogP contribution in [-0.2, 0) is 9.59 Å². The van der Waals surface area contributed by atoms with Crippen molar-refractivity contribution in [2.24, 2.45) is 5.92 Å². The highest BCUT2D eigenvalue weighted by molar-refractivity contribution is 6.06. The normalized spacial score (nSPS) is 13.0. The van der Waals surface area contributed by atoms with Crippen molar-refractivity contribution in [1.29, 1.82) is 0 Å². The lowest BCUT2D eigenvalue weighted by Crippen LogP contribution is -2.16. The first-order valence-corrected chi connectivity index (χ1v) is 8.53. The average molecular weight is 351 g/mol. The first-order chi connectivity index (χ1) is 12.4. The molecule has 1 fully saturated rings. The number of anilines is 3. The molecule has 1 aliphatic rings. The molecule has 0 aliphatic heterocycles. The minimum absolute atomic E-state index is 0.00131. The number of carbonyl (C=O) groups excluding carboxylic acids is 3. The molecule has 0 aromatic heterocycles. The molecule has 2 aromatic rings. The monoisotopic (exact) mass is 351 g/mol. The first-order valence-electron chi connectivity index (χ1n) is 8.53. The van der Waals surface area contributed by atoms with E-state index in [1.807, 2.05) is 13.0 Å². The van der Waals surface area contributed by atoms with E-state index in [1.54, 1.807) is 36.4 Å². The fourth-order valence-corrected chi connectivity index (χ4v) is 2.56. The van der Waals surface area contributed by atoms with Crippen LogP contribution in [0.1, 0.15) is 35.7 Å². The van der Waals surface area contributed by atoms with Gasteiger partial charge in [-0.05, 0) is 55.7 Å². The summed E-state index contributed by atoms with van der Waals surface area (Å²) in [6.07, 6.45) is 1.85. The van der Waals surface area contributed by atoms with Crippen LogP contribution < -0.4 is 16.0 Å². The summed E-state index contributed by atoms with van der Waals surface area (Å²) in [5, 5.41) is 8.39. The highest BCUT2D eigenvalue weighted by atomic mass is 16.2. The van der Waals surface area contributed by atoms with Crippen molar-refractivity contribution in [3.8, 4) is 0 Å². The summed E-state index contributed by atoms with van der Waals surface area (Å²) < 4.78 is 0. The highest BCUT2D eigenvalue weighted by Crippen LogP contribution is 2.30. The number of carbonyl (C=O) groups is 3. The van der Waals surface area contributed by atoms with E-state index < -0.39 is 0 Å². The lowest BCUT2D eigenvalue weighted by atomic mass is 10.1. The topological polar surface area (TPSA) is 87.3 Å². The quantitative estimate of drug-likeness (QED) is 0.770. The summed E-state index contributed by atoms with van der Waals surface area (Å²) in [6.45, 7) is 3.30. The summed E-state index contributed by atoms with van der Waals surface area (Å²) >= 11 is 0. The summed E-state index contributed by atoms with van der Waals surface area (Å²) in [4.78, 5) is 35.6.